The van der Waals surface area contributed by atoms with Gasteiger partial charge in [0.25, 0.3) is 0 Å². The standard InChI is InChI=1S/C30H32N4O2S/c35-30(31-25-8-3-1-4-9-25)32-26-14-10-23(11-15-26)28-22-37-29(33-28)24-12-16-27(17-13-24)36-21-7-20-34-18-5-2-6-19-34/h1,3-4,8-17,22H,2,5-7,18-21H2,(H2,31,32,35). The molecule has 4 aromatic rings. The molecule has 1 fully saturated rings. The van der Waals surface area contributed by atoms with Crippen molar-refractivity contribution in [1.29, 1.82) is 0 Å². The van der Waals surface area contributed by atoms with Crippen LogP contribution in [0.15, 0.2) is 84.2 Å². The van der Waals surface area contributed by atoms with Crippen molar-refractivity contribution in [3.8, 4) is 27.6 Å². The number of hydrogen-bond donors (Lipinski definition) is 2. The summed E-state index contributed by atoms with van der Waals surface area (Å²) in [4.78, 5) is 19.6. The highest BCUT2D eigenvalue weighted by Gasteiger charge is 2.10. The lowest BCUT2D eigenvalue weighted by molar-refractivity contribution is 0.205. The molecule has 1 aliphatic rings. The summed E-state index contributed by atoms with van der Waals surface area (Å²) in [7, 11) is 0. The van der Waals surface area contributed by atoms with Crippen molar-refractivity contribution in [2.45, 2.75) is 25.7 Å². The predicted octanol–water partition coefficient (Wildman–Crippen LogP) is 7.38. The third-order valence-corrected chi connectivity index (χ3v) is 7.30. The second-order valence-corrected chi connectivity index (χ2v) is 10.0. The van der Waals surface area contributed by atoms with Crippen LogP contribution in [0.2, 0.25) is 0 Å². The Morgan fingerprint density at radius 2 is 1.51 bits per heavy atom. The van der Waals surface area contributed by atoms with Crippen molar-refractivity contribution >= 4 is 28.7 Å². The minimum absolute atomic E-state index is 0.274. The molecule has 0 spiro atoms. The lowest BCUT2D eigenvalue weighted by Gasteiger charge is -2.26. The molecule has 190 valence electrons. The first kappa shape index (κ1) is 25.0. The first-order valence-electron chi connectivity index (χ1n) is 12.9. The number of ether oxygens (including phenoxy) is 1. The average molecular weight is 513 g/mol. The Hall–Kier alpha value is -3.68. The molecule has 1 aromatic heterocycles. The van der Waals surface area contributed by atoms with Crippen LogP contribution in [0.3, 0.4) is 0 Å². The van der Waals surface area contributed by atoms with E-state index in [9.17, 15) is 4.79 Å². The van der Waals surface area contributed by atoms with Gasteiger partial charge in [0.1, 0.15) is 10.8 Å². The summed E-state index contributed by atoms with van der Waals surface area (Å²) in [5.41, 5.74) is 4.47. The maximum atomic E-state index is 12.2. The molecule has 37 heavy (non-hydrogen) atoms. The normalized spacial score (nSPS) is 13.7. The monoisotopic (exact) mass is 512 g/mol. The van der Waals surface area contributed by atoms with E-state index in [0.717, 1.165) is 58.5 Å². The number of nitrogens with zero attached hydrogens (tertiary/aromatic N) is 2. The summed E-state index contributed by atoms with van der Waals surface area (Å²) in [6, 6.07) is 25.0. The number of anilines is 2. The Kier molecular flexibility index (Phi) is 8.46. The van der Waals surface area contributed by atoms with Gasteiger partial charge in [-0.05, 0) is 80.9 Å². The summed E-state index contributed by atoms with van der Waals surface area (Å²) in [6.45, 7) is 4.34. The van der Waals surface area contributed by atoms with Crippen LogP contribution in [-0.4, -0.2) is 42.2 Å². The first-order valence-corrected chi connectivity index (χ1v) is 13.8. The van der Waals surface area contributed by atoms with E-state index in [1.807, 2.05) is 66.7 Å². The number of nitrogens with one attached hydrogen (secondary N) is 2. The van der Waals surface area contributed by atoms with E-state index < -0.39 is 0 Å². The molecule has 6 nitrogen and oxygen atoms in total. The number of aromatic nitrogens is 1. The van der Waals surface area contributed by atoms with Crippen molar-refractivity contribution in [2.75, 3.05) is 36.9 Å². The highest BCUT2D eigenvalue weighted by Crippen LogP contribution is 2.30. The minimum Gasteiger partial charge on any atom is -0.494 e. The van der Waals surface area contributed by atoms with E-state index >= 15 is 0 Å². The van der Waals surface area contributed by atoms with Crippen LogP contribution in [0.4, 0.5) is 16.2 Å². The van der Waals surface area contributed by atoms with E-state index in [2.05, 4.69) is 33.0 Å². The van der Waals surface area contributed by atoms with E-state index in [0.29, 0.717) is 0 Å². The second kappa shape index (κ2) is 12.5. The van der Waals surface area contributed by atoms with Gasteiger partial charge in [-0.15, -0.1) is 11.3 Å². The smallest absolute Gasteiger partial charge is 0.323 e. The van der Waals surface area contributed by atoms with Gasteiger partial charge in [-0.2, -0.15) is 0 Å². The number of carbonyl (C=O) groups is 1. The van der Waals surface area contributed by atoms with Crippen LogP contribution in [0.5, 0.6) is 5.75 Å². The molecule has 1 aliphatic heterocycles. The van der Waals surface area contributed by atoms with Gasteiger partial charge in [0.15, 0.2) is 0 Å². The van der Waals surface area contributed by atoms with Crippen molar-refractivity contribution in [3.05, 3.63) is 84.2 Å². The summed E-state index contributed by atoms with van der Waals surface area (Å²) >= 11 is 1.62. The molecular weight excluding hydrogens is 480 g/mol. The Morgan fingerprint density at radius 3 is 2.24 bits per heavy atom. The maximum Gasteiger partial charge on any atom is 0.323 e. The number of thiazole rings is 1. The van der Waals surface area contributed by atoms with Crippen LogP contribution in [-0.2, 0) is 0 Å². The molecule has 5 rings (SSSR count). The van der Waals surface area contributed by atoms with Gasteiger partial charge in [0.05, 0.1) is 12.3 Å². The van der Waals surface area contributed by atoms with E-state index in [1.54, 1.807) is 11.3 Å². The molecule has 0 aliphatic carbocycles. The topological polar surface area (TPSA) is 66.5 Å². The third kappa shape index (κ3) is 7.18. The molecule has 0 saturated carbocycles. The summed E-state index contributed by atoms with van der Waals surface area (Å²) in [5, 5.41) is 8.71. The minimum atomic E-state index is -0.274. The maximum absolute atomic E-state index is 12.2. The lowest BCUT2D eigenvalue weighted by Crippen LogP contribution is -2.31. The zero-order valence-corrected chi connectivity index (χ0v) is 21.7. The molecule has 0 radical (unpaired) electrons. The molecule has 2 amide bonds. The molecule has 0 unspecified atom stereocenters. The fraction of sp³-hybridized carbons (Fsp3) is 0.267. The van der Waals surface area contributed by atoms with E-state index in [4.69, 9.17) is 9.72 Å². The van der Waals surface area contributed by atoms with E-state index in [1.165, 1.54) is 32.4 Å². The second-order valence-electron chi connectivity index (χ2n) is 9.19. The highest BCUT2D eigenvalue weighted by atomic mass is 32.1. The Labute approximate surface area is 222 Å². The van der Waals surface area contributed by atoms with E-state index in [-0.39, 0.29) is 6.03 Å². The van der Waals surface area contributed by atoms with Gasteiger partial charge in [-0.25, -0.2) is 9.78 Å². The number of rotatable bonds is 9. The Morgan fingerprint density at radius 1 is 0.838 bits per heavy atom. The van der Waals surface area contributed by atoms with Crippen molar-refractivity contribution in [1.82, 2.24) is 9.88 Å². The summed E-state index contributed by atoms with van der Waals surface area (Å²) in [6.07, 6.45) is 5.09. The fourth-order valence-corrected chi connectivity index (χ4v) is 5.27. The van der Waals surface area contributed by atoms with Gasteiger partial charge in [0.2, 0.25) is 0 Å². The van der Waals surface area contributed by atoms with Gasteiger partial charge >= 0.3 is 6.03 Å². The molecule has 1 saturated heterocycles. The lowest BCUT2D eigenvalue weighted by atomic mass is 10.1. The number of para-hydroxylation sites is 1. The fourth-order valence-electron chi connectivity index (χ4n) is 4.43. The molecule has 0 bridgehead atoms. The number of likely N-dealkylation sites (tertiary alicyclic amines) is 1. The number of benzene rings is 3. The average Bonchev–Trinajstić information content (AvgIpc) is 3.43. The quantitative estimate of drug-likeness (QED) is 0.230. The number of carbonyl (C=O) groups excluding carboxylic acids is 1. The number of piperidine rings is 1. The van der Waals surface area contributed by atoms with Crippen LogP contribution < -0.4 is 15.4 Å². The molecular formula is C30H32N4O2S. The molecule has 0 atom stereocenters. The first-order chi connectivity index (χ1) is 18.2. The number of hydrogen-bond acceptors (Lipinski definition) is 5. The molecule has 3 aromatic carbocycles. The molecule has 2 heterocycles. The third-order valence-electron chi connectivity index (χ3n) is 6.41. The Bertz CT molecular complexity index is 1270. The SMILES string of the molecule is O=C(Nc1ccccc1)Nc1ccc(-c2csc(-c3ccc(OCCCN4CCCCC4)cc3)n2)cc1. The van der Waals surface area contributed by atoms with Crippen molar-refractivity contribution in [3.63, 3.8) is 0 Å². The van der Waals surface area contributed by atoms with Crippen LogP contribution >= 0.6 is 11.3 Å². The zero-order chi connectivity index (χ0) is 25.3. The number of amides is 2. The van der Waals surface area contributed by atoms with Crippen LogP contribution in [0.25, 0.3) is 21.8 Å². The van der Waals surface area contributed by atoms with Crippen molar-refractivity contribution < 1.29 is 9.53 Å². The highest BCUT2D eigenvalue weighted by molar-refractivity contribution is 7.13. The Balaban J connectivity index is 1.11. The van der Waals surface area contributed by atoms with Crippen LogP contribution in [0, 0.1) is 0 Å². The van der Waals surface area contributed by atoms with Gasteiger partial charge in [-0.1, -0.05) is 36.8 Å². The van der Waals surface area contributed by atoms with Gasteiger partial charge < -0.3 is 20.3 Å². The largest absolute Gasteiger partial charge is 0.494 e. The van der Waals surface area contributed by atoms with Crippen LogP contribution in [0.1, 0.15) is 25.7 Å². The van der Waals surface area contributed by atoms with Gasteiger partial charge in [-0.3, -0.25) is 0 Å². The summed E-state index contributed by atoms with van der Waals surface area (Å²) in [5.74, 6) is 0.901. The number of urea groups is 1. The zero-order valence-electron chi connectivity index (χ0n) is 20.9. The van der Waals surface area contributed by atoms with Crippen molar-refractivity contribution in [2.24, 2.45) is 0 Å². The summed E-state index contributed by atoms with van der Waals surface area (Å²) < 4.78 is 5.96. The molecule has 2 N–H and O–H groups in total. The van der Waals surface area contributed by atoms with Gasteiger partial charge in [0, 0.05) is 34.4 Å². The molecule has 7 heteroatoms. The predicted molar refractivity (Wildman–Crippen MR) is 152 cm³/mol.